The van der Waals surface area contributed by atoms with Gasteiger partial charge in [-0.3, -0.25) is 4.99 Å². The van der Waals surface area contributed by atoms with E-state index in [-0.39, 0.29) is 6.10 Å². The predicted octanol–water partition coefficient (Wildman–Crippen LogP) is 3.05. The van der Waals surface area contributed by atoms with Crippen LogP contribution in [0.1, 0.15) is 39.2 Å². The van der Waals surface area contributed by atoms with E-state index in [9.17, 15) is 0 Å². The highest BCUT2D eigenvalue weighted by Gasteiger charge is 2.21. The number of likely N-dealkylation sites (tertiary alicyclic amines) is 1. The minimum Gasteiger partial charge on any atom is -0.489 e. The molecule has 26 heavy (non-hydrogen) atoms. The van der Waals surface area contributed by atoms with Crippen LogP contribution in [-0.4, -0.2) is 56.2 Å². The first kappa shape index (κ1) is 20.6. The Balaban J connectivity index is 1.72. The quantitative estimate of drug-likeness (QED) is 0.580. The number of rotatable bonds is 7. The summed E-state index contributed by atoms with van der Waals surface area (Å²) in [5.74, 6) is 2.45. The van der Waals surface area contributed by atoms with E-state index in [4.69, 9.17) is 4.74 Å². The average molecular weight is 361 g/mol. The first-order chi connectivity index (χ1) is 12.5. The second-order valence-electron chi connectivity index (χ2n) is 7.68. The summed E-state index contributed by atoms with van der Waals surface area (Å²) in [6, 6.07) is 8.80. The maximum atomic E-state index is 5.97. The van der Waals surface area contributed by atoms with Crippen LogP contribution in [0.3, 0.4) is 0 Å². The Labute approximate surface area is 159 Å². The molecule has 0 spiro atoms. The van der Waals surface area contributed by atoms with Crippen LogP contribution < -0.4 is 15.4 Å². The fourth-order valence-electron chi connectivity index (χ4n) is 3.40. The van der Waals surface area contributed by atoms with Gasteiger partial charge >= 0.3 is 0 Å². The molecule has 1 fully saturated rings. The van der Waals surface area contributed by atoms with E-state index in [0.29, 0.717) is 12.0 Å². The molecule has 0 radical (unpaired) electrons. The Morgan fingerprint density at radius 3 is 2.81 bits per heavy atom. The zero-order valence-corrected chi connectivity index (χ0v) is 17.1. The second-order valence-corrected chi connectivity index (χ2v) is 7.68. The van der Waals surface area contributed by atoms with Crippen molar-refractivity contribution in [1.29, 1.82) is 0 Å². The third-order valence-corrected chi connectivity index (χ3v) is 4.95. The van der Waals surface area contributed by atoms with Crippen LogP contribution >= 0.6 is 0 Å². The summed E-state index contributed by atoms with van der Waals surface area (Å²) >= 11 is 0. The van der Waals surface area contributed by atoms with Gasteiger partial charge in [0.2, 0.25) is 0 Å². The predicted molar refractivity (Wildman–Crippen MR) is 110 cm³/mol. The number of hydrogen-bond donors (Lipinski definition) is 2. The Morgan fingerprint density at radius 2 is 2.12 bits per heavy atom. The zero-order chi connectivity index (χ0) is 18.9. The van der Waals surface area contributed by atoms with Gasteiger partial charge in [0.15, 0.2) is 5.96 Å². The molecule has 0 aliphatic carbocycles. The third-order valence-electron chi connectivity index (χ3n) is 4.95. The summed E-state index contributed by atoms with van der Waals surface area (Å²) in [7, 11) is 1.82. The van der Waals surface area contributed by atoms with E-state index in [1.54, 1.807) is 0 Å². The molecule has 0 amide bonds. The lowest BCUT2D eigenvalue weighted by atomic mass is 9.97. The molecule has 0 bridgehead atoms. The SMILES string of the molecule is CN=C(NCC1CCCN(C(C)C)C1)NCC(C)Oc1cccc(C)c1. The fraction of sp³-hybridized carbons (Fsp3) is 0.667. The monoisotopic (exact) mass is 360 g/mol. The molecule has 1 aromatic rings. The van der Waals surface area contributed by atoms with Gasteiger partial charge in [-0.15, -0.1) is 0 Å². The molecule has 2 unspecified atom stereocenters. The van der Waals surface area contributed by atoms with Gasteiger partial charge < -0.3 is 20.3 Å². The largest absolute Gasteiger partial charge is 0.489 e. The number of aliphatic imine (C=N–C) groups is 1. The van der Waals surface area contributed by atoms with Crippen molar-refractivity contribution in [1.82, 2.24) is 15.5 Å². The molecule has 1 heterocycles. The van der Waals surface area contributed by atoms with Crippen LogP contribution in [0, 0.1) is 12.8 Å². The van der Waals surface area contributed by atoms with Gasteiger partial charge in [0.1, 0.15) is 11.9 Å². The normalized spacial score (nSPS) is 20.1. The van der Waals surface area contributed by atoms with Gasteiger partial charge in [0.05, 0.1) is 6.54 Å². The standard InChI is InChI=1S/C21H36N4O/c1-16(2)25-11-7-9-19(15-25)14-24-21(22-5)23-13-18(4)26-20-10-6-8-17(3)12-20/h6,8,10,12,16,18-19H,7,9,11,13-15H2,1-5H3,(H2,22,23,24). The van der Waals surface area contributed by atoms with Crippen molar-refractivity contribution in [3.63, 3.8) is 0 Å². The minimum absolute atomic E-state index is 0.0708. The number of hydrogen-bond acceptors (Lipinski definition) is 3. The van der Waals surface area contributed by atoms with Gasteiger partial charge in [-0.25, -0.2) is 0 Å². The Bertz CT molecular complexity index is 573. The zero-order valence-electron chi connectivity index (χ0n) is 17.1. The smallest absolute Gasteiger partial charge is 0.191 e. The maximum Gasteiger partial charge on any atom is 0.191 e. The summed E-state index contributed by atoms with van der Waals surface area (Å²) < 4.78 is 5.97. The average Bonchev–Trinajstić information content (AvgIpc) is 2.62. The highest BCUT2D eigenvalue weighted by atomic mass is 16.5. The van der Waals surface area contributed by atoms with Gasteiger partial charge in [0.25, 0.3) is 0 Å². The lowest BCUT2D eigenvalue weighted by Gasteiger charge is -2.35. The van der Waals surface area contributed by atoms with Crippen molar-refractivity contribution >= 4 is 5.96 Å². The van der Waals surface area contributed by atoms with E-state index in [0.717, 1.165) is 24.8 Å². The van der Waals surface area contributed by atoms with Crippen molar-refractivity contribution in [3.8, 4) is 5.75 Å². The molecule has 0 aromatic heterocycles. The molecule has 5 heteroatoms. The van der Waals surface area contributed by atoms with E-state index >= 15 is 0 Å². The molecular formula is C21H36N4O. The first-order valence-electron chi connectivity index (χ1n) is 9.89. The molecule has 1 aliphatic heterocycles. The first-order valence-corrected chi connectivity index (χ1v) is 9.89. The summed E-state index contributed by atoms with van der Waals surface area (Å²) in [4.78, 5) is 6.92. The van der Waals surface area contributed by atoms with Crippen LogP contribution in [0.25, 0.3) is 0 Å². The van der Waals surface area contributed by atoms with Gasteiger partial charge in [-0.2, -0.15) is 0 Å². The molecule has 2 rings (SSSR count). The van der Waals surface area contributed by atoms with Gasteiger partial charge in [-0.05, 0) is 70.7 Å². The van der Waals surface area contributed by atoms with E-state index < -0.39 is 0 Å². The van der Waals surface area contributed by atoms with Crippen molar-refractivity contribution in [2.75, 3.05) is 33.2 Å². The molecular weight excluding hydrogens is 324 g/mol. The van der Waals surface area contributed by atoms with Crippen LogP contribution in [-0.2, 0) is 0 Å². The highest BCUT2D eigenvalue weighted by molar-refractivity contribution is 5.79. The Hall–Kier alpha value is -1.75. The number of aryl methyl sites for hydroxylation is 1. The minimum atomic E-state index is 0.0708. The maximum absolute atomic E-state index is 5.97. The number of ether oxygens (including phenoxy) is 1. The van der Waals surface area contributed by atoms with Crippen LogP contribution in [0.5, 0.6) is 5.75 Å². The molecule has 0 saturated carbocycles. The van der Waals surface area contributed by atoms with Gasteiger partial charge in [0, 0.05) is 26.2 Å². The molecule has 2 atom stereocenters. The molecule has 1 aliphatic rings. The van der Waals surface area contributed by atoms with E-state index in [1.807, 2.05) is 19.2 Å². The number of nitrogens with zero attached hydrogens (tertiary/aromatic N) is 2. The molecule has 2 N–H and O–H groups in total. The van der Waals surface area contributed by atoms with Crippen molar-refractivity contribution < 1.29 is 4.74 Å². The summed E-state index contributed by atoms with van der Waals surface area (Å²) in [5.41, 5.74) is 1.21. The lowest BCUT2D eigenvalue weighted by molar-refractivity contribution is 0.141. The van der Waals surface area contributed by atoms with Crippen LogP contribution in [0.2, 0.25) is 0 Å². The Kier molecular flexibility index (Phi) is 8.23. The number of nitrogens with one attached hydrogen (secondary N) is 2. The summed E-state index contributed by atoms with van der Waals surface area (Å²) in [5, 5.41) is 6.86. The highest BCUT2D eigenvalue weighted by Crippen LogP contribution is 2.17. The van der Waals surface area contributed by atoms with Crippen molar-refractivity contribution in [2.45, 2.75) is 52.7 Å². The topological polar surface area (TPSA) is 48.9 Å². The molecule has 1 aromatic carbocycles. The van der Waals surface area contributed by atoms with Crippen LogP contribution in [0.15, 0.2) is 29.3 Å². The fourth-order valence-corrected chi connectivity index (χ4v) is 3.40. The lowest BCUT2D eigenvalue weighted by Crippen LogP contribution is -2.47. The molecule has 1 saturated heterocycles. The van der Waals surface area contributed by atoms with Crippen LogP contribution in [0.4, 0.5) is 0 Å². The number of piperidine rings is 1. The third kappa shape index (κ3) is 6.87. The summed E-state index contributed by atoms with van der Waals surface area (Å²) in [6.45, 7) is 12.8. The molecule has 5 nitrogen and oxygen atoms in total. The van der Waals surface area contributed by atoms with Crippen molar-refractivity contribution in [3.05, 3.63) is 29.8 Å². The van der Waals surface area contributed by atoms with E-state index in [2.05, 4.69) is 60.4 Å². The second kappa shape index (κ2) is 10.4. The van der Waals surface area contributed by atoms with Gasteiger partial charge in [-0.1, -0.05) is 12.1 Å². The summed E-state index contributed by atoms with van der Waals surface area (Å²) in [6.07, 6.45) is 2.65. The number of guanidine groups is 1. The van der Waals surface area contributed by atoms with E-state index in [1.165, 1.54) is 31.5 Å². The Morgan fingerprint density at radius 1 is 1.31 bits per heavy atom. The molecule has 146 valence electrons. The van der Waals surface area contributed by atoms with Crippen molar-refractivity contribution in [2.24, 2.45) is 10.9 Å². The number of benzene rings is 1.